The maximum Gasteiger partial charge on any atom is 0.320 e. The van der Waals surface area contributed by atoms with Gasteiger partial charge in [-0.1, -0.05) is 52.3 Å². The minimum atomic E-state index is -0.175. The van der Waals surface area contributed by atoms with Crippen LogP contribution in [0.2, 0.25) is 0 Å². The van der Waals surface area contributed by atoms with Gasteiger partial charge < -0.3 is 4.74 Å². The molecule has 0 aliphatic carbocycles. The van der Waals surface area contributed by atoms with E-state index in [1.165, 1.54) is 11.1 Å². The Kier molecular flexibility index (Phi) is 4.36. The average Bonchev–Trinajstić information content (AvgIpc) is 2.87. The molecule has 2 aromatic carbocycles. The van der Waals surface area contributed by atoms with Crippen LogP contribution < -0.4 is 0 Å². The van der Waals surface area contributed by atoms with Crippen LogP contribution in [0, 0.1) is 0 Å². The number of carbonyl (C=O) groups is 1. The smallest absolute Gasteiger partial charge is 0.320 e. The van der Waals surface area contributed by atoms with Crippen LogP contribution in [0.15, 0.2) is 53.0 Å². The fourth-order valence-electron chi connectivity index (χ4n) is 2.51. The third kappa shape index (κ3) is 3.71. The molecule has 0 amide bonds. The molecule has 108 valence electrons. The van der Waals surface area contributed by atoms with Crippen molar-refractivity contribution in [3.8, 4) is 0 Å². The molecule has 0 fully saturated rings. The van der Waals surface area contributed by atoms with Gasteiger partial charge in [0.25, 0.3) is 0 Å². The highest BCUT2D eigenvalue weighted by Crippen LogP contribution is 2.25. The predicted molar refractivity (Wildman–Crippen MR) is 84.5 cm³/mol. The van der Waals surface area contributed by atoms with Gasteiger partial charge in [-0.25, -0.2) is 0 Å². The van der Waals surface area contributed by atoms with Crippen molar-refractivity contribution in [2.75, 3.05) is 6.54 Å². The van der Waals surface area contributed by atoms with Gasteiger partial charge in [-0.3, -0.25) is 9.69 Å². The summed E-state index contributed by atoms with van der Waals surface area (Å²) in [5.41, 5.74) is 3.58. The van der Waals surface area contributed by atoms with Crippen molar-refractivity contribution in [2.24, 2.45) is 0 Å². The monoisotopic (exact) mass is 345 g/mol. The molecule has 0 unspecified atom stereocenters. The maximum atomic E-state index is 11.9. The highest BCUT2D eigenvalue weighted by atomic mass is 79.9. The van der Waals surface area contributed by atoms with Crippen LogP contribution in [0.1, 0.15) is 16.7 Å². The quantitative estimate of drug-likeness (QED) is 0.794. The molecular formula is C17H16BrNO2. The Bertz CT molecular complexity index is 642. The predicted octanol–water partition coefficient (Wildman–Crippen LogP) is 3.51. The average molecular weight is 346 g/mol. The molecule has 4 heteroatoms. The van der Waals surface area contributed by atoms with E-state index < -0.39 is 0 Å². The zero-order valence-electron chi connectivity index (χ0n) is 11.6. The van der Waals surface area contributed by atoms with E-state index in [4.69, 9.17) is 4.74 Å². The van der Waals surface area contributed by atoms with Crippen LogP contribution in [0.4, 0.5) is 0 Å². The van der Waals surface area contributed by atoms with Crippen LogP contribution in [0.25, 0.3) is 0 Å². The topological polar surface area (TPSA) is 29.5 Å². The summed E-state index contributed by atoms with van der Waals surface area (Å²) in [4.78, 5) is 14.0. The Labute approximate surface area is 132 Å². The molecular weight excluding hydrogens is 330 g/mol. The van der Waals surface area contributed by atoms with Crippen LogP contribution in [-0.2, 0) is 29.2 Å². The molecule has 0 radical (unpaired) electrons. The molecule has 2 aromatic rings. The summed E-state index contributed by atoms with van der Waals surface area (Å²) < 4.78 is 6.40. The number of rotatable bonds is 4. The van der Waals surface area contributed by atoms with Gasteiger partial charge in [0.15, 0.2) is 0 Å². The first kappa shape index (κ1) is 14.3. The third-order valence-electron chi connectivity index (χ3n) is 3.55. The zero-order valence-corrected chi connectivity index (χ0v) is 13.2. The van der Waals surface area contributed by atoms with Crippen molar-refractivity contribution >= 4 is 21.9 Å². The summed E-state index contributed by atoms with van der Waals surface area (Å²) in [7, 11) is 0. The Balaban J connectivity index is 1.51. The lowest BCUT2D eigenvalue weighted by Gasteiger charge is -2.13. The van der Waals surface area contributed by atoms with E-state index >= 15 is 0 Å². The number of ether oxygens (including phenoxy) is 1. The number of benzene rings is 2. The Morgan fingerprint density at radius 1 is 1.10 bits per heavy atom. The van der Waals surface area contributed by atoms with Crippen molar-refractivity contribution in [3.05, 3.63) is 69.7 Å². The highest BCUT2D eigenvalue weighted by molar-refractivity contribution is 9.10. The van der Waals surface area contributed by atoms with Crippen LogP contribution in [-0.4, -0.2) is 17.4 Å². The van der Waals surface area contributed by atoms with E-state index in [9.17, 15) is 4.79 Å². The largest absolute Gasteiger partial charge is 0.460 e. The normalized spacial score (nSPS) is 14.0. The second-order valence-electron chi connectivity index (χ2n) is 5.20. The van der Waals surface area contributed by atoms with Crippen molar-refractivity contribution in [1.82, 2.24) is 4.90 Å². The minimum Gasteiger partial charge on any atom is -0.460 e. The number of fused-ring (bicyclic) bond motifs is 1. The molecule has 1 heterocycles. The Hall–Kier alpha value is -1.65. The number of carbonyl (C=O) groups excluding carboxylic acids is 1. The molecule has 3 rings (SSSR count). The van der Waals surface area contributed by atoms with Gasteiger partial charge in [-0.15, -0.1) is 0 Å². The standard InChI is InChI=1S/C17H16BrNO2/c18-16-7-6-14-9-19(10-15(14)8-16)11-17(20)21-12-13-4-2-1-3-5-13/h1-8H,9-12H2. The molecule has 1 aliphatic rings. The molecule has 0 saturated carbocycles. The number of hydrogen-bond donors (Lipinski definition) is 0. The second-order valence-corrected chi connectivity index (χ2v) is 6.12. The van der Waals surface area contributed by atoms with Crippen molar-refractivity contribution in [2.45, 2.75) is 19.7 Å². The van der Waals surface area contributed by atoms with E-state index in [-0.39, 0.29) is 5.97 Å². The summed E-state index contributed by atoms with van der Waals surface area (Å²) >= 11 is 3.48. The summed E-state index contributed by atoms with van der Waals surface area (Å²) in [6, 6.07) is 16.0. The lowest BCUT2D eigenvalue weighted by molar-refractivity contribution is -0.146. The van der Waals surface area contributed by atoms with Gasteiger partial charge in [0.05, 0.1) is 6.54 Å². The summed E-state index contributed by atoms with van der Waals surface area (Å²) in [5.74, 6) is -0.175. The minimum absolute atomic E-state index is 0.175. The lowest BCUT2D eigenvalue weighted by atomic mass is 10.1. The lowest BCUT2D eigenvalue weighted by Crippen LogP contribution is -2.26. The molecule has 0 spiro atoms. The van der Waals surface area contributed by atoms with Crippen LogP contribution >= 0.6 is 15.9 Å². The Morgan fingerprint density at radius 3 is 2.67 bits per heavy atom. The Morgan fingerprint density at radius 2 is 1.86 bits per heavy atom. The zero-order chi connectivity index (χ0) is 14.7. The van der Waals surface area contributed by atoms with E-state index in [0.29, 0.717) is 13.2 Å². The fourth-order valence-corrected chi connectivity index (χ4v) is 2.92. The summed E-state index contributed by atoms with van der Waals surface area (Å²) in [6.07, 6.45) is 0. The van der Waals surface area contributed by atoms with E-state index in [2.05, 4.69) is 33.0 Å². The molecule has 0 atom stereocenters. The molecule has 0 aromatic heterocycles. The van der Waals surface area contributed by atoms with Gasteiger partial charge in [-0.2, -0.15) is 0 Å². The van der Waals surface area contributed by atoms with Crippen LogP contribution in [0.5, 0.6) is 0 Å². The van der Waals surface area contributed by atoms with E-state index in [1.54, 1.807) is 0 Å². The maximum absolute atomic E-state index is 11.9. The number of nitrogens with zero attached hydrogens (tertiary/aromatic N) is 1. The van der Waals surface area contributed by atoms with Crippen molar-refractivity contribution < 1.29 is 9.53 Å². The first-order valence-electron chi connectivity index (χ1n) is 6.90. The van der Waals surface area contributed by atoms with Crippen LogP contribution in [0.3, 0.4) is 0 Å². The molecule has 21 heavy (non-hydrogen) atoms. The summed E-state index contributed by atoms with van der Waals surface area (Å²) in [6.45, 7) is 2.28. The van der Waals surface area contributed by atoms with Gasteiger partial charge in [0.1, 0.15) is 6.61 Å². The molecule has 1 aliphatic heterocycles. The number of hydrogen-bond acceptors (Lipinski definition) is 3. The van der Waals surface area contributed by atoms with Gasteiger partial charge in [0.2, 0.25) is 0 Å². The fraction of sp³-hybridized carbons (Fsp3) is 0.235. The van der Waals surface area contributed by atoms with Gasteiger partial charge in [0, 0.05) is 17.6 Å². The molecule has 0 saturated heterocycles. The second kappa shape index (κ2) is 6.41. The van der Waals surface area contributed by atoms with Gasteiger partial charge >= 0.3 is 5.97 Å². The number of halogens is 1. The first-order chi connectivity index (χ1) is 10.2. The molecule has 3 nitrogen and oxygen atoms in total. The van der Waals surface area contributed by atoms with E-state index in [1.807, 2.05) is 36.4 Å². The molecule has 0 N–H and O–H groups in total. The van der Waals surface area contributed by atoms with Crippen molar-refractivity contribution in [1.29, 1.82) is 0 Å². The molecule has 0 bridgehead atoms. The number of esters is 1. The van der Waals surface area contributed by atoms with Crippen molar-refractivity contribution in [3.63, 3.8) is 0 Å². The van der Waals surface area contributed by atoms with Gasteiger partial charge in [-0.05, 0) is 28.8 Å². The third-order valence-corrected chi connectivity index (χ3v) is 4.04. The first-order valence-corrected chi connectivity index (χ1v) is 7.69. The SMILES string of the molecule is O=C(CN1Cc2ccc(Br)cc2C1)OCc1ccccc1. The van der Waals surface area contributed by atoms with E-state index in [0.717, 1.165) is 23.1 Å². The highest BCUT2D eigenvalue weighted by Gasteiger charge is 2.21. The summed E-state index contributed by atoms with van der Waals surface area (Å²) in [5, 5.41) is 0.